The quantitative estimate of drug-likeness (QED) is 0.263. The van der Waals surface area contributed by atoms with Gasteiger partial charge in [-0.15, -0.1) is 0 Å². The lowest BCUT2D eigenvalue weighted by Crippen LogP contribution is -2.17. The zero-order chi connectivity index (χ0) is 20.6. The maximum absolute atomic E-state index is 11.0. The number of nitrogen functional groups attached to an aromatic ring is 1. The highest BCUT2D eigenvalue weighted by molar-refractivity contribution is 14.1. The largest absolute Gasteiger partial charge is 0.464 e. The number of hydrogen-bond acceptors (Lipinski definition) is 9. The van der Waals surface area contributed by atoms with Gasteiger partial charge in [0.05, 0.1) is 12.9 Å². The summed E-state index contributed by atoms with van der Waals surface area (Å²) in [5, 5.41) is 6.53. The standard InChI is InChI=1S/C16H15IN6O4S2/c17-10-6-9-2-5-26-11(9)7-12(10)28-16-22-13-14(18)20-8-21-15(13)23(16)3-1-4-27-29(19,24)25/h2,5-8H,1,3-4H2,(H2,18,20,21)(H2,19,24,25). The molecule has 0 aliphatic heterocycles. The average Bonchev–Trinajstić information content (AvgIpc) is 3.23. The van der Waals surface area contributed by atoms with Gasteiger partial charge in [0.2, 0.25) is 0 Å². The van der Waals surface area contributed by atoms with Crippen LogP contribution in [0, 0.1) is 3.57 Å². The molecule has 29 heavy (non-hydrogen) atoms. The molecule has 0 atom stereocenters. The SMILES string of the molecule is Nc1ncnc2c1nc(Sc1cc3occc3cc1I)n2CCCOS(N)(=O)=O. The van der Waals surface area contributed by atoms with Gasteiger partial charge in [-0.25, -0.2) is 20.1 Å². The first-order valence-electron chi connectivity index (χ1n) is 8.30. The second kappa shape index (κ2) is 8.06. The Hall–Kier alpha value is -1.94. The maximum Gasteiger partial charge on any atom is 0.333 e. The third-order valence-electron chi connectivity index (χ3n) is 4.01. The summed E-state index contributed by atoms with van der Waals surface area (Å²) in [5.74, 6) is 0.271. The zero-order valence-corrected chi connectivity index (χ0v) is 18.6. The van der Waals surface area contributed by atoms with Crippen LogP contribution in [0.25, 0.3) is 22.1 Å². The van der Waals surface area contributed by atoms with Crippen molar-refractivity contribution in [3.63, 3.8) is 0 Å². The Morgan fingerprint density at radius 1 is 1.31 bits per heavy atom. The van der Waals surface area contributed by atoms with Crippen molar-refractivity contribution >= 4 is 72.6 Å². The van der Waals surface area contributed by atoms with E-state index in [9.17, 15) is 8.42 Å². The van der Waals surface area contributed by atoms with Crippen LogP contribution in [-0.4, -0.2) is 34.5 Å². The summed E-state index contributed by atoms with van der Waals surface area (Å²) in [6.45, 7) is 0.351. The molecule has 152 valence electrons. The Bertz CT molecular complexity index is 1300. The minimum absolute atomic E-state index is 0.0565. The van der Waals surface area contributed by atoms with Gasteiger partial charge in [-0.1, -0.05) is 11.8 Å². The Kier molecular flexibility index (Phi) is 5.65. The van der Waals surface area contributed by atoms with Gasteiger partial charge in [-0.2, -0.15) is 8.42 Å². The molecule has 3 heterocycles. The monoisotopic (exact) mass is 546 g/mol. The molecule has 0 fully saturated rings. The Balaban J connectivity index is 1.68. The van der Waals surface area contributed by atoms with E-state index in [4.69, 9.17) is 15.3 Å². The Morgan fingerprint density at radius 3 is 2.93 bits per heavy atom. The van der Waals surface area contributed by atoms with E-state index in [1.54, 1.807) is 6.26 Å². The molecule has 0 saturated carbocycles. The molecule has 3 aromatic heterocycles. The number of aryl methyl sites for hydroxylation is 1. The van der Waals surface area contributed by atoms with Crippen LogP contribution in [0.5, 0.6) is 0 Å². The molecule has 0 unspecified atom stereocenters. The second-order valence-electron chi connectivity index (χ2n) is 5.99. The van der Waals surface area contributed by atoms with E-state index in [1.165, 1.54) is 18.1 Å². The van der Waals surface area contributed by atoms with Gasteiger partial charge in [0.25, 0.3) is 0 Å². The predicted octanol–water partition coefficient (Wildman–Crippen LogP) is 2.52. The van der Waals surface area contributed by atoms with Crippen LogP contribution in [0.1, 0.15) is 6.42 Å². The van der Waals surface area contributed by atoms with Crippen LogP contribution in [0.15, 0.2) is 45.3 Å². The fourth-order valence-electron chi connectivity index (χ4n) is 2.75. The van der Waals surface area contributed by atoms with Crippen molar-refractivity contribution in [2.45, 2.75) is 23.0 Å². The molecule has 0 aliphatic rings. The predicted molar refractivity (Wildman–Crippen MR) is 116 cm³/mol. The van der Waals surface area contributed by atoms with E-state index < -0.39 is 10.3 Å². The number of furan rings is 1. The summed E-state index contributed by atoms with van der Waals surface area (Å²) >= 11 is 3.69. The van der Waals surface area contributed by atoms with Gasteiger partial charge in [0.1, 0.15) is 11.9 Å². The molecule has 4 rings (SSSR count). The lowest BCUT2D eigenvalue weighted by molar-refractivity contribution is 0.303. The maximum atomic E-state index is 11.0. The summed E-state index contributed by atoms with van der Waals surface area (Å²) in [6, 6.07) is 5.89. The fraction of sp³-hybridized carbons (Fsp3) is 0.188. The molecule has 4 N–H and O–H groups in total. The molecule has 0 radical (unpaired) electrons. The summed E-state index contributed by atoms with van der Waals surface area (Å²) in [4.78, 5) is 13.8. The van der Waals surface area contributed by atoms with E-state index in [1.807, 2.05) is 22.8 Å². The minimum Gasteiger partial charge on any atom is -0.464 e. The van der Waals surface area contributed by atoms with Crippen molar-refractivity contribution < 1.29 is 17.0 Å². The number of nitrogens with two attached hydrogens (primary N) is 2. The van der Waals surface area contributed by atoms with E-state index in [0.717, 1.165) is 19.4 Å². The first-order valence-corrected chi connectivity index (χ1v) is 11.7. The number of anilines is 1. The first kappa shape index (κ1) is 20.3. The topological polar surface area (TPSA) is 152 Å². The Labute approximate surface area is 183 Å². The second-order valence-corrected chi connectivity index (χ2v) is 9.38. The summed E-state index contributed by atoms with van der Waals surface area (Å²) in [7, 11) is -3.98. The number of rotatable bonds is 7. The van der Waals surface area contributed by atoms with Crippen molar-refractivity contribution in [2.75, 3.05) is 12.3 Å². The number of fused-ring (bicyclic) bond motifs is 2. The lowest BCUT2D eigenvalue weighted by atomic mass is 10.3. The summed E-state index contributed by atoms with van der Waals surface area (Å²) < 4.78 is 34.9. The van der Waals surface area contributed by atoms with Gasteiger partial charge < -0.3 is 14.7 Å². The molecular formula is C16H15IN6O4S2. The summed E-state index contributed by atoms with van der Waals surface area (Å²) in [5.41, 5.74) is 7.78. The number of hydrogen-bond donors (Lipinski definition) is 2. The molecule has 0 aliphatic carbocycles. The van der Waals surface area contributed by atoms with Gasteiger partial charge in [-0.05, 0) is 47.2 Å². The van der Waals surface area contributed by atoms with E-state index >= 15 is 0 Å². The van der Waals surface area contributed by atoms with Crippen LogP contribution in [0.4, 0.5) is 5.82 Å². The van der Waals surface area contributed by atoms with Gasteiger partial charge >= 0.3 is 10.3 Å². The third kappa shape index (κ3) is 4.48. The normalized spacial score (nSPS) is 12.2. The van der Waals surface area contributed by atoms with Gasteiger partial charge in [0, 0.05) is 20.4 Å². The van der Waals surface area contributed by atoms with Crippen LogP contribution in [0.2, 0.25) is 0 Å². The molecular weight excluding hydrogens is 531 g/mol. The fourth-order valence-corrected chi connectivity index (χ4v) is 4.87. The van der Waals surface area contributed by atoms with Crippen molar-refractivity contribution in [2.24, 2.45) is 5.14 Å². The molecule has 0 spiro atoms. The van der Waals surface area contributed by atoms with Crippen molar-refractivity contribution in [3.05, 3.63) is 34.4 Å². The lowest BCUT2D eigenvalue weighted by Gasteiger charge is -2.09. The van der Waals surface area contributed by atoms with Crippen LogP contribution >= 0.6 is 34.4 Å². The van der Waals surface area contributed by atoms with Crippen molar-refractivity contribution in [1.29, 1.82) is 0 Å². The number of imidazole rings is 1. The van der Waals surface area contributed by atoms with Crippen molar-refractivity contribution in [1.82, 2.24) is 19.5 Å². The van der Waals surface area contributed by atoms with Gasteiger partial charge in [0.15, 0.2) is 22.1 Å². The number of nitrogens with zero attached hydrogens (tertiary/aromatic N) is 4. The van der Waals surface area contributed by atoms with Crippen molar-refractivity contribution in [3.8, 4) is 0 Å². The van der Waals surface area contributed by atoms with Crippen LogP contribution < -0.4 is 10.9 Å². The van der Waals surface area contributed by atoms with Crippen LogP contribution in [0.3, 0.4) is 0 Å². The number of halogens is 1. The minimum atomic E-state index is -3.98. The molecule has 1 aromatic carbocycles. The first-order chi connectivity index (χ1) is 13.8. The van der Waals surface area contributed by atoms with Crippen LogP contribution in [-0.2, 0) is 21.0 Å². The molecule has 0 amide bonds. The highest BCUT2D eigenvalue weighted by atomic mass is 127. The highest BCUT2D eigenvalue weighted by Gasteiger charge is 2.18. The zero-order valence-electron chi connectivity index (χ0n) is 14.8. The molecule has 13 heteroatoms. The summed E-state index contributed by atoms with van der Waals surface area (Å²) in [6.07, 6.45) is 3.39. The Morgan fingerprint density at radius 2 is 2.14 bits per heavy atom. The number of aromatic nitrogens is 4. The van der Waals surface area contributed by atoms with Gasteiger partial charge in [-0.3, -0.25) is 4.18 Å². The average molecular weight is 546 g/mol. The van der Waals surface area contributed by atoms with E-state index in [2.05, 4.69) is 41.7 Å². The number of benzene rings is 1. The molecule has 10 nitrogen and oxygen atoms in total. The highest BCUT2D eigenvalue weighted by Crippen LogP contribution is 2.36. The smallest absolute Gasteiger partial charge is 0.333 e. The third-order valence-corrected chi connectivity index (χ3v) is 6.81. The molecule has 0 saturated heterocycles. The molecule has 4 aromatic rings. The molecule has 0 bridgehead atoms. The van der Waals surface area contributed by atoms with E-state index in [-0.39, 0.29) is 12.4 Å². The van der Waals surface area contributed by atoms with E-state index in [0.29, 0.717) is 29.3 Å².